The largest absolute Gasteiger partial charge is 0.481 e. The van der Waals surface area contributed by atoms with Crippen LogP contribution in [-0.4, -0.2) is 4.98 Å². The maximum atomic E-state index is 13.2. The lowest BCUT2D eigenvalue weighted by Gasteiger charge is -2.07. The van der Waals surface area contributed by atoms with Gasteiger partial charge in [0, 0.05) is 11.2 Å². The van der Waals surface area contributed by atoms with E-state index in [-0.39, 0.29) is 6.61 Å². The van der Waals surface area contributed by atoms with E-state index in [2.05, 4.69) is 4.98 Å². The van der Waals surface area contributed by atoms with Crippen LogP contribution in [0, 0.1) is 11.6 Å². The van der Waals surface area contributed by atoms with Crippen molar-refractivity contribution < 1.29 is 13.5 Å². The normalized spacial score (nSPS) is 10.3. The van der Waals surface area contributed by atoms with Gasteiger partial charge in [0.05, 0.1) is 5.69 Å². The van der Waals surface area contributed by atoms with Crippen molar-refractivity contribution in [2.24, 2.45) is 0 Å². The van der Waals surface area contributed by atoms with Crippen LogP contribution in [0.3, 0.4) is 0 Å². The molecule has 0 radical (unpaired) electrons. The summed E-state index contributed by atoms with van der Waals surface area (Å²) >= 11 is 5.75. The van der Waals surface area contributed by atoms with Crippen LogP contribution in [0.25, 0.3) is 0 Å². The van der Waals surface area contributed by atoms with Gasteiger partial charge in [-0.05, 0) is 24.3 Å². The SMILES string of the molecule is Fc1cccc(F)c1OCc1cc(Cl)ccn1. The van der Waals surface area contributed by atoms with Crippen molar-refractivity contribution in [1.29, 1.82) is 0 Å². The summed E-state index contributed by atoms with van der Waals surface area (Å²) in [5.74, 6) is -1.90. The average molecular weight is 256 g/mol. The summed E-state index contributed by atoms with van der Waals surface area (Å²) in [5.41, 5.74) is 0.500. The van der Waals surface area contributed by atoms with E-state index in [1.165, 1.54) is 12.3 Å². The molecule has 2 nitrogen and oxygen atoms in total. The second-order valence-corrected chi connectivity index (χ2v) is 3.74. The number of para-hydroxylation sites is 1. The summed E-state index contributed by atoms with van der Waals surface area (Å²) < 4.78 is 31.5. The Kier molecular flexibility index (Phi) is 3.54. The molecule has 0 fully saturated rings. The van der Waals surface area contributed by atoms with Crippen LogP contribution < -0.4 is 4.74 Å². The molecule has 0 aliphatic carbocycles. The predicted octanol–water partition coefficient (Wildman–Crippen LogP) is 3.59. The summed E-state index contributed by atoms with van der Waals surface area (Å²) in [7, 11) is 0. The minimum atomic E-state index is -0.743. The van der Waals surface area contributed by atoms with E-state index in [1.54, 1.807) is 12.1 Å². The van der Waals surface area contributed by atoms with E-state index in [1.807, 2.05) is 0 Å². The van der Waals surface area contributed by atoms with Gasteiger partial charge >= 0.3 is 0 Å². The van der Waals surface area contributed by atoms with Crippen LogP contribution >= 0.6 is 11.6 Å². The van der Waals surface area contributed by atoms with Crippen LogP contribution in [0.2, 0.25) is 5.02 Å². The molecule has 1 aromatic heterocycles. The zero-order valence-electron chi connectivity index (χ0n) is 8.66. The molecule has 1 aromatic carbocycles. The first kappa shape index (κ1) is 11.8. The van der Waals surface area contributed by atoms with E-state index in [0.29, 0.717) is 10.7 Å². The number of aromatic nitrogens is 1. The van der Waals surface area contributed by atoms with Gasteiger partial charge in [0.25, 0.3) is 0 Å². The van der Waals surface area contributed by atoms with Gasteiger partial charge in [-0.3, -0.25) is 4.98 Å². The summed E-state index contributed by atoms with van der Waals surface area (Å²) in [5, 5.41) is 0.493. The number of hydrogen-bond acceptors (Lipinski definition) is 2. The van der Waals surface area contributed by atoms with Gasteiger partial charge in [-0.15, -0.1) is 0 Å². The maximum Gasteiger partial charge on any atom is 0.191 e. The molecule has 88 valence electrons. The van der Waals surface area contributed by atoms with Crippen molar-refractivity contribution in [1.82, 2.24) is 4.98 Å². The third-order valence-electron chi connectivity index (χ3n) is 2.06. The fraction of sp³-hybridized carbons (Fsp3) is 0.0833. The molecule has 5 heteroatoms. The Hall–Kier alpha value is -1.68. The van der Waals surface area contributed by atoms with Gasteiger partial charge in [-0.25, -0.2) is 8.78 Å². The van der Waals surface area contributed by atoms with Crippen LogP contribution in [-0.2, 0) is 6.61 Å². The molecule has 0 spiro atoms. The Bertz CT molecular complexity index is 513. The summed E-state index contributed by atoms with van der Waals surface area (Å²) in [6.07, 6.45) is 1.50. The number of ether oxygens (including phenoxy) is 1. The van der Waals surface area contributed by atoms with Gasteiger partial charge in [-0.1, -0.05) is 17.7 Å². The number of halogens is 3. The molecule has 0 unspecified atom stereocenters. The Balaban J connectivity index is 2.13. The molecule has 0 atom stereocenters. The molecule has 2 aromatic rings. The molecule has 0 saturated carbocycles. The summed E-state index contributed by atoms with van der Waals surface area (Å²) in [6, 6.07) is 6.71. The van der Waals surface area contributed by atoms with Gasteiger partial charge in [0.15, 0.2) is 17.4 Å². The topological polar surface area (TPSA) is 22.1 Å². The lowest BCUT2D eigenvalue weighted by atomic mass is 10.3. The minimum absolute atomic E-state index is 0.0432. The zero-order chi connectivity index (χ0) is 12.3. The molecular weight excluding hydrogens is 248 g/mol. The van der Waals surface area contributed by atoms with E-state index in [4.69, 9.17) is 16.3 Å². The molecule has 17 heavy (non-hydrogen) atoms. The van der Waals surface area contributed by atoms with Crippen molar-refractivity contribution in [3.05, 3.63) is 58.9 Å². The predicted molar refractivity (Wildman–Crippen MR) is 59.9 cm³/mol. The highest BCUT2D eigenvalue weighted by molar-refractivity contribution is 6.30. The van der Waals surface area contributed by atoms with Crippen LogP contribution in [0.1, 0.15) is 5.69 Å². The van der Waals surface area contributed by atoms with E-state index >= 15 is 0 Å². The first-order valence-electron chi connectivity index (χ1n) is 4.84. The number of rotatable bonds is 3. The van der Waals surface area contributed by atoms with Gasteiger partial charge in [0.1, 0.15) is 6.61 Å². The summed E-state index contributed by atoms with van der Waals surface area (Å²) in [6.45, 7) is -0.0432. The zero-order valence-corrected chi connectivity index (χ0v) is 9.42. The highest BCUT2D eigenvalue weighted by Gasteiger charge is 2.09. The molecule has 0 N–H and O–H groups in total. The highest BCUT2D eigenvalue weighted by Crippen LogP contribution is 2.22. The first-order valence-corrected chi connectivity index (χ1v) is 5.22. The minimum Gasteiger partial charge on any atom is -0.481 e. The highest BCUT2D eigenvalue weighted by atomic mass is 35.5. The maximum absolute atomic E-state index is 13.2. The molecule has 2 rings (SSSR count). The third-order valence-corrected chi connectivity index (χ3v) is 2.30. The number of benzene rings is 1. The third kappa shape index (κ3) is 2.91. The van der Waals surface area contributed by atoms with Crippen LogP contribution in [0.5, 0.6) is 5.75 Å². The van der Waals surface area contributed by atoms with E-state index < -0.39 is 17.4 Å². The molecule has 0 amide bonds. The average Bonchev–Trinajstić information content (AvgIpc) is 2.28. The molecule has 0 bridgehead atoms. The fourth-order valence-corrected chi connectivity index (χ4v) is 1.48. The monoisotopic (exact) mass is 255 g/mol. The number of pyridine rings is 1. The Labute approximate surface area is 102 Å². The molecule has 0 aliphatic heterocycles. The Morgan fingerprint density at radius 2 is 1.88 bits per heavy atom. The second-order valence-electron chi connectivity index (χ2n) is 3.30. The van der Waals surface area contributed by atoms with Crippen molar-refractivity contribution in [2.75, 3.05) is 0 Å². The van der Waals surface area contributed by atoms with Gasteiger partial charge in [-0.2, -0.15) is 0 Å². The molecule has 1 heterocycles. The van der Waals surface area contributed by atoms with E-state index in [9.17, 15) is 8.78 Å². The van der Waals surface area contributed by atoms with Gasteiger partial charge < -0.3 is 4.74 Å². The first-order chi connectivity index (χ1) is 8.16. The standard InChI is InChI=1S/C12H8ClF2NO/c13-8-4-5-16-9(6-8)7-17-12-10(14)2-1-3-11(12)15/h1-6H,7H2. The summed E-state index contributed by atoms with van der Waals surface area (Å²) in [4.78, 5) is 3.96. The van der Waals surface area contributed by atoms with Crippen molar-refractivity contribution in [2.45, 2.75) is 6.61 Å². The Morgan fingerprint density at radius 3 is 2.53 bits per heavy atom. The quantitative estimate of drug-likeness (QED) is 0.836. The van der Waals surface area contributed by atoms with Crippen LogP contribution in [0.4, 0.5) is 8.78 Å². The fourth-order valence-electron chi connectivity index (χ4n) is 1.29. The number of hydrogen-bond donors (Lipinski definition) is 0. The Morgan fingerprint density at radius 1 is 1.18 bits per heavy atom. The lowest BCUT2D eigenvalue weighted by Crippen LogP contribution is -2.01. The van der Waals surface area contributed by atoms with Gasteiger partial charge in [0.2, 0.25) is 0 Å². The molecule has 0 aliphatic rings. The van der Waals surface area contributed by atoms with Crippen molar-refractivity contribution >= 4 is 11.6 Å². The van der Waals surface area contributed by atoms with E-state index in [0.717, 1.165) is 12.1 Å². The smallest absolute Gasteiger partial charge is 0.191 e. The van der Waals surface area contributed by atoms with Crippen LogP contribution in [0.15, 0.2) is 36.5 Å². The molecule has 0 saturated heterocycles. The lowest BCUT2D eigenvalue weighted by molar-refractivity contribution is 0.270. The second kappa shape index (κ2) is 5.10. The van der Waals surface area contributed by atoms with Crippen molar-refractivity contribution in [3.8, 4) is 5.75 Å². The van der Waals surface area contributed by atoms with Crippen molar-refractivity contribution in [3.63, 3.8) is 0 Å². The number of nitrogens with zero attached hydrogens (tertiary/aromatic N) is 1. The molecular formula is C12H8ClF2NO.